The molecule has 0 aliphatic carbocycles. The molecule has 0 radical (unpaired) electrons. The van der Waals surface area contributed by atoms with Crippen LogP contribution in [-0.2, 0) is 4.79 Å². The molecule has 0 aromatic heterocycles. The summed E-state index contributed by atoms with van der Waals surface area (Å²) in [6, 6.07) is 7.93. The van der Waals surface area contributed by atoms with Gasteiger partial charge in [0, 0.05) is 13.1 Å². The monoisotopic (exact) mass is 249 g/mol. The van der Waals surface area contributed by atoms with Crippen molar-refractivity contribution in [1.29, 1.82) is 0 Å². The second-order valence-electron chi connectivity index (χ2n) is 4.58. The third kappa shape index (κ3) is 4.06. The molecular formula is C15H23NO2. The summed E-state index contributed by atoms with van der Waals surface area (Å²) < 4.78 is 5.55. The van der Waals surface area contributed by atoms with E-state index in [1.54, 1.807) is 4.90 Å². The first kappa shape index (κ1) is 14.6. The smallest absolute Gasteiger partial charge is 0.260 e. The molecule has 0 aliphatic heterocycles. The number of carbonyl (C=O) groups excluding carboxylic acids is 1. The molecule has 0 saturated heterocycles. The highest BCUT2D eigenvalue weighted by atomic mass is 16.5. The minimum atomic E-state index is 0.0370. The molecule has 3 nitrogen and oxygen atoms in total. The van der Waals surface area contributed by atoms with Crippen molar-refractivity contribution in [2.45, 2.75) is 33.6 Å². The zero-order chi connectivity index (χ0) is 13.5. The van der Waals surface area contributed by atoms with E-state index in [1.807, 2.05) is 32.0 Å². The number of hydrogen-bond donors (Lipinski definition) is 0. The van der Waals surface area contributed by atoms with Gasteiger partial charge in [0.05, 0.1) is 0 Å². The molecule has 0 heterocycles. The first-order chi connectivity index (χ1) is 8.58. The Kier molecular flexibility index (Phi) is 5.69. The van der Waals surface area contributed by atoms with Crippen LogP contribution >= 0.6 is 0 Å². The molecule has 0 bridgehead atoms. The highest BCUT2D eigenvalue weighted by Crippen LogP contribution is 2.20. The van der Waals surface area contributed by atoms with E-state index >= 15 is 0 Å². The van der Waals surface area contributed by atoms with Crippen LogP contribution in [0.5, 0.6) is 5.75 Å². The average Bonchev–Trinajstić information content (AvgIpc) is 2.38. The molecule has 0 atom stereocenters. The second-order valence-corrected chi connectivity index (χ2v) is 4.58. The third-order valence-electron chi connectivity index (χ3n) is 3.00. The van der Waals surface area contributed by atoms with E-state index in [9.17, 15) is 4.79 Å². The Morgan fingerprint density at radius 1 is 1.28 bits per heavy atom. The van der Waals surface area contributed by atoms with Crippen LogP contribution in [0.2, 0.25) is 0 Å². The van der Waals surface area contributed by atoms with E-state index in [1.165, 1.54) is 5.56 Å². The van der Waals surface area contributed by atoms with Gasteiger partial charge in [-0.1, -0.05) is 26.0 Å². The van der Waals surface area contributed by atoms with E-state index in [4.69, 9.17) is 4.74 Å². The van der Waals surface area contributed by atoms with Gasteiger partial charge in [-0.25, -0.2) is 0 Å². The van der Waals surface area contributed by atoms with Crippen molar-refractivity contribution in [1.82, 2.24) is 4.90 Å². The van der Waals surface area contributed by atoms with Crippen molar-refractivity contribution < 1.29 is 9.53 Å². The zero-order valence-corrected chi connectivity index (χ0v) is 11.8. The highest BCUT2D eigenvalue weighted by Gasteiger charge is 2.10. The number of nitrogens with zero attached hydrogens (tertiary/aromatic N) is 1. The lowest BCUT2D eigenvalue weighted by Gasteiger charge is -2.18. The van der Waals surface area contributed by atoms with Crippen LogP contribution < -0.4 is 4.74 Å². The number of likely N-dealkylation sites (N-methyl/N-ethyl adjacent to an activating group) is 1. The molecule has 100 valence electrons. The lowest BCUT2D eigenvalue weighted by Crippen LogP contribution is -2.34. The fraction of sp³-hybridized carbons (Fsp3) is 0.533. The standard InChI is InChI=1S/C15H23NO2/c1-5-16(6-2)15(17)11-18-14-9-7-8-13(10-14)12(3)4/h7-10,12H,5-6,11H2,1-4H3. The Bertz CT molecular complexity index is 384. The van der Waals surface area contributed by atoms with Crippen LogP contribution in [0.4, 0.5) is 0 Å². The minimum absolute atomic E-state index is 0.0370. The van der Waals surface area contributed by atoms with Gasteiger partial charge in [0.15, 0.2) is 6.61 Å². The molecule has 18 heavy (non-hydrogen) atoms. The maximum Gasteiger partial charge on any atom is 0.260 e. The van der Waals surface area contributed by atoms with Crippen molar-refractivity contribution in [3.8, 4) is 5.75 Å². The van der Waals surface area contributed by atoms with Crippen LogP contribution in [0.15, 0.2) is 24.3 Å². The lowest BCUT2D eigenvalue weighted by atomic mass is 10.0. The van der Waals surface area contributed by atoms with E-state index in [-0.39, 0.29) is 12.5 Å². The van der Waals surface area contributed by atoms with Crippen LogP contribution in [0.3, 0.4) is 0 Å². The summed E-state index contributed by atoms with van der Waals surface area (Å²) in [6.45, 7) is 9.79. The summed E-state index contributed by atoms with van der Waals surface area (Å²) in [5.74, 6) is 1.27. The molecule has 1 amide bonds. The van der Waals surface area contributed by atoms with E-state index in [2.05, 4.69) is 19.9 Å². The molecule has 0 spiro atoms. The van der Waals surface area contributed by atoms with Gasteiger partial charge in [0.25, 0.3) is 5.91 Å². The summed E-state index contributed by atoms with van der Waals surface area (Å²) in [5.41, 5.74) is 1.22. The van der Waals surface area contributed by atoms with Gasteiger partial charge in [0.2, 0.25) is 0 Å². The normalized spacial score (nSPS) is 10.5. The summed E-state index contributed by atoms with van der Waals surface area (Å²) >= 11 is 0. The fourth-order valence-corrected chi connectivity index (χ4v) is 1.78. The third-order valence-corrected chi connectivity index (χ3v) is 3.00. The van der Waals surface area contributed by atoms with Gasteiger partial charge in [-0.15, -0.1) is 0 Å². The summed E-state index contributed by atoms with van der Waals surface area (Å²) in [6.07, 6.45) is 0. The Morgan fingerprint density at radius 2 is 1.94 bits per heavy atom. The number of carbonyl (C=O) groups is 1. The Labute approximate surface area is 110 Å². The Hall–Kier alpha value is -1.51. The molecule has 0 N–H and O–H groups in total. The molecule has 0 unspecified atom stereocenters. The lowest BCUT2D eigenvalue weighted by molar-refractivity contribution is -0.132. The maximum absolute atomic E-state index is 11.8. The van der Waals surface area contributed by atoms with E-state index < -0.39 is 0 Å². The quantitative estimate of drug-likeness (QED) is 0.775. The Morgan fingerprint density at radius 3 is 2.50 bits per heavy atom. The van der Waals surface area contributed by atoms with Crippen molar-refractivity contribution in [2.24, 2.45) is 0 Å². The molecule has 1 aromatic rings. The number of ether oxygens (including phenoxy) is 1. The number of benzene rings is 1. The first-order valence-electron chi connectivity index (χ1n) is 6.59. The van der Waals surface area contributed by atoms with Crippen LogP contribution in [-0.4, -0.2) is 30.5 Å². The summed E-state index contributed by atoms with van der Waals surface area (Å²) in [4.78, 5) is 13.6. The molecule has 1 aromatic carbocycles. The van der Waals surface area contributed by atoms with Gasteiger partial charge in [0.1, 0.15) is 5.75 Å². The van der Waals surface area contributed by atoms with Crippen LogP contribution in [0.1, 0.15) is 39.2 Å². The maximum atomic E-state index is 11.8. The zero-order valence-electron chi connectivity index (χ0n) is 11.8. The van der Waals surface area contributed by atoms with Gasteiger partial charge >= 0.3 is 0 Å². The number of amides is 1. The molecule has 0 saturated carbocycles. The molecule has 1 rings (SSSR count). The van der Waals surface area contributed by atoms with Crippen molar-refractivity contribution >= 4 is 5.91 Å². The SMILES string of the molecule is CCN(CC)C(=O)COc1cccc(C(C)C)c1. The summed E-state index contributed by atoms with van der Waals surface area (Å²) in [7, 11) is 0. The van der Waals surface area contributed by atoms with E-state index in [0.717, 1.165) is 18.8 Å². The Balaban J connectivity index is 2.58. The predicted molar refractivity (Wildman–Crippen MR) is 74.0 cm³/mol. The topological polar surface area (TPSA) is 29.5 Å². The van der Waals surface area contributed by atoms with Gasteiger partial charge in [-0.2, -0.15) is 0 Å². The highest BCUT2D eigenvalue weighted by molar-refractivity contribution is 5.77. The predicted octanol–water partition coefficient (Wildman–Crippen LogP) is 3.06. The van der Waals surface area contributed by atoms with Crippen molar-refractivity contribution in [2.75, 3.05) is 19.7 Å². The average molecular weight is 249 g/mol. The molecule has 0 aliphatic rings. The van der Waals surface area contributed by atoms with Crippen molar-refractivity contribution in [3.05, 3.63) is 29.8 Å². The largest absolute Gasteiger partial charge is 0.484 e. The second kappa shape index (κ2) is 7.04. The molecule has 0 fully saturated rings. The van der Waals surface area contributed by atoms with Gasteiger partial charge in [-0.3, -0.25) is 4.79 Å². The van der Waals surface area contributed by atoms with Crippen LogP contribution in [0.25, 0.3) is 0 Å². The minimum Gasteiger partial charge on any atom is -0.484 e. The summed E-state index contributed by atoms with van der Waals surface area (Å²) in [5, 5.41) is 0. The van der Waals surface area contributed by atoms with Gasteiger partial charge in [-0.05, 0) is 37.5 Å². The van der Waals surface area contributed by atoms with Crippen molar-refractivity contribution in [3.63, 3.8) is 0 Å². The number of rotatable bonds is 6. The molecule has 3 heteroatoms. The molecular weight excluding hydrogens is 226 g/mol. The fourth-order valence-electron chi connectivity index (χ4n) is 1.78. The first-order valence-corrected chi connectivity index (χ1v) is 6.59. The van der Waals surface area contributed by atoms with E-state index in [0.29, 0.717) is 5.92 Å². The number of hydrogen-bond acceptors (Lipinski definition) is 2. The van der Waals surface area contributed by atoms with Crippen LogP contribution in [0, 0.1) is 0 Å². The van der Waals surface area contributed by atoms with Gasteiger partial charge < -0.3 is 9.64 Å².